The molecule has 2 unspecified atom stereocenters. The van der Waals surface area contributed by atoms with Crippen LogP contribution in [-0.2, 0) is 32.3 Å². The van der Waals surface area contributed by atoms with Crippen LogP contribution in [-0.4, -0.2) is 68.9 Å². The summed E-state index contributed by atoms with van der Waals surface area (Å²) in [4.78, 5) is 83.3. The fourth-order valence-corrected chi connectivity index (χ4v) is 7.00. The highest BCUT2D eigenvalue weighted by atomic mass is 35.5. The number of piperidine rings is 1. The van der Waals surface area contributed by atoms with E-state index in [1.807, 2.05) is 0 Å². The second-order valence-corrected chi connectivity index (χ2v) is 14.9. The summed E-state index contributed by atoms with van der Waals surface area (Å²) < 4.78 is 42.2. The van der Waals surface area contributed by atoms with Crippen molar-refractivity contribution in [3.63, 3.8) is 0 Å². The number of hydrogen-bond donors (Lipinski definition) is 4. The number of carbonyl (C=O) groups is 6. The van der Waals surface area contributed by atoms with Crippen LogP contribution < -0.4 is 16.0 Å². The van der Waals surface area contributed by atoms with Gasteiger partial charge < -0.3 is 25.4 Å². The molecule has 0 saturated carbocycles. The van der Waals surface area contributed by atoms with E-state index in [0.29, 0.717) is 51.2 Å². The van der Waals surface area contributed by atoms with Crippen molar-refractivity contribution >= 4 is 58.4 Å². The van der Waals surface area contributed by atoms with E-state index >= 15 is 0 Å². The van der Waals surface area contributed by atoms with Crippen LogP contribution in [0.3, 0.4) is 0 Å². The van der Waals surface area contributed by atoms with Crippen LogP contribution in [0.2, 0.25) is 5.02 Å². The molecule has 1 aromatic heterocycles. The first-order valence-corrected chi connectivity index (χ1v) is 17.9. The van der Waals surface area contributed by atoms with E-state index in [4.69, 9.17) is 11.6 Å². The molecule has 2 aliphatic rings. The van der Waals surface area contributed by atoms with E-state index in [9.17, 15) is 41.9 Å². The Balaban J connectivity index is 1.25. The molecule has 1 saturated heterocycles. The van der Waals surface area contributed by atoms with Crippen molar-refractivity contribution < 1.29 is 41.9 Å². The number of H-pyrrole nitrogens is 1. The molecular weight excluding hydrogens is 753 g/mol. The van der Waals surface area contributed by atoms with Crippen LogP contribution in [0.1, 0.15) is 89.2 Å². The van der Waals surface area contributed by atoms with Gasteiger partial charge in [-0.2, -0.15) is 0 Å². The number of aromatic amines is 1. The van der Waals surface area contributed by atoms with Crippen LogP contribution in [0, 0.1) is 29.3 Å². The number of carbonyl (C=O) groups excluding carboxylic acids is 6. The fourth-order valence-electron chi connectivity index (χ4n) is 6.83. The summed E-state index contributed by atoms with van der Waals surface area (Å²) in [6, 6.07) is 8.82. The minimum Gasteiger partial charge on any atom is -0.350 e. The van der Waals surface area contributed by atoms with Crippen LogP contribution in [0.25, 0.3) is 10.9 Å². The Hall–Kier alpha value is -6.14. The van der Waals surface area contributed by atoms with Crippen LogP contribution in [0.4, 0.5) is 13.2 Å². The molecule has 12 nitrogen and oxygen atoms in total. The van der Waals surface area contributed by atoms with Crippen LogP contribution >= 0.6 is 11.6 Å². The summed E-state index contributed by atoms with van der Waals surface area (Å²) in [6.45, 7) is 4.76. The van der Waals surface area contributed by atoms with Crippen molar-refractivity contribution in [2.45, 2.75) is 70.7 Å². The van der Waals surface area contributed by atoms with Gasteiger partial charge in [0.2, 0.25) is 24.1 Å². The number of halogens is 4. The molecule has 0 aliphatic carbocycles. The maximum Gasteiger partial charge on any atom is 0.268 e. The molecule has 3 aromatic carbocycles. The molecule has 4 N–H and O–H groups in total. The number of nitrogens with zero attached hydrogens (tertiary/aromatic N) is 2. The lowest BCUT2D eigenvalue weighted by atomic mass is 9.97. The molecule has 1 fully saturated rings. The molecule has 4 aromatic rings. The predicted octanol–water partition coefficient (Wildman–Crippen LogP) is 4.79. The second-order valence-electron chi connectivity index (χ2n) is 14.4. The number of aromatic nitrogens is 1. The van der Waals surface area contributed by atoms with Gasteiger partial charge in [-0.15, -0.1) is 0 Å². The van der Waals surface area contributed by atoms with Crippen molar-refractivity contribution in [2.24, 2.45) is 0 Å². The number of fused-ring (bicyclic) bond motifs is 2. The lowest BCUT2D eigenvalue weighted by Gasteiger charge is -2.31. The largest absolute Gasteiger partial charge is 0.350 e. The first kappa shape index (κ1) is 39.6. The highest BCUT2D eigenvalue weighted by Crippen LogP contribution is 2.35. The average Bonchev–Trinajstić information content (AvgIpc) is 3.66. The highest BCUT2D eigenvalue weighted by molar-refractivity contribution is 6.31. The fraction of sp³-hybridized carbons (Fsp3) is 0.300. The summed E-state index contributed by atoms with van der Waals surface area (Å²) in [5.74, 6) is -1.24. The molecule has 2 atom stereocenters. The predicted molar refractivity (Wildman–Crippen MR) is 198 cm³/mol. The molecule has 6 amide bonds. The minimum absolute atomic E-state index is 0.0299. The number of amides is 6. The van der Waals surface area contributed by atoms with Gasteiger partial charge in [0.1, 0.15) is 17.8 Å². The zero-order valence-electron chi connectivity index (χ0n) is 30.4. The van der Waals surface area contributed by atoms with Gasteiger partial charge >= 0.3 is 0 Å². The molecule has 0 bridgehead atoms. The summed E-state index contributed by atoms with van der Waals surface area (Å²) in [5.41, 5.74) is 0.985. The Morgan fingerprint density at radius 1 is 1.09 bits per heavy atom. The Kier molecular flexibility index (Phi) is 11.2. The summed E-state index contributed by atoms with van der Waals surface area (Å²) in [7, 11) is 0. The zero-order valence-corrected chi connectivity index (χ0v) is 31.2. The number of imide groups is 1. The van der Waals surface area contributed by atoms with E-state index in [-0.39, 0.29) is 61.0 Å². The molecule has 56 heavy (non-hydrogen) atoms. The molecule has 2 aliphatic heterocycles. The van der Waals surface area contributed by atoms with E-state index in [1.54, 1.807) is 45.0 Å². The zero-order chi connectivity index (χ0) is 40.5. The standard InChI is InChI=1S/C40H36ClF3N6O6/c1-40(2,3)48-38(55)35(49(20-51)18-21-15-27(42)33(44)28(43)16-21)32-25-11-10-23(41)17-29(25)46-34(32)37(54)45-14-5-4-7-22-8-6-9-24-26(22)19-50(39(24)56)30-12-13-31(52)47-36(30)53/h6,8-11,15-17,20,30,35,46H,5,12-14,18-19H2,1-3H3,(H,45,54)(H,48,55)(H,47,52,53). The van der Waals surface area contributed by atoms with Gasteiger partial charge in [0, 0.05) is 70.6 Å². The van der Waals surface area contributed by atoms with Crippen molar-refractivity contribution in [3.05, 3.63) is 105 Å². The lowest BCUT2D eigenvalue weighted by Crippen LogP contribution is -2.52. The van der Waals surface area contributed by atoms with Gasteiger partial charge in [0.05, 0.1) is 0 Å². The highest BCUT2D eigenvalue weighted by Gasteiger charge is 2.40. The second kappa shape index (κ2) is 15.9. The Labute approximate surface area is 324 Å². The summed E-state index contributed by atoms with van der Waals surface area (Å²) >= 11 is 6.27. The first-order valence-electron chi connectivity index (χ1n) is 17.6. The summed E-state index contributed by atoms with van der Waals surface area (Å²) in [5, 5.41) is 8.52. The van der Waals surface area contributed by atoms with Gasteiger partial charge in [-0.1, -0.05) is 35.6 Å². The SMILES string of the molecule is CC(C)(C)NC(=O)C(c1c(C(=O)NCCC#Cc2cccc3c2CN(C2CCC(=O)NC2=O)C3=O)[nH]c2cc(Cl)ccc12)N(C=O)Cc1cc(F)c(F)c(F)c1. The number of benzene rings is 3. The molecule has 0 spiro atoms. The first-order chi connectivity index (χ1) is 26.6. The molecule has 16 heteroatoms. The third kappa shape index (κ3) is 8.25. The maximum atomic E-state index is 14.2. The van der Waals surface area contributed by atoms with E-state index < -0.39 is 59.3 Å². The van der Waals surface area contributed by atoms with Crippen molar-refractivity contribution in [3.8, 4) is 11.8 Å². The number of rotatable bonds is 10. The quantitative estimate of drug-likeness (QED) is 0.0595. The lowest BCUT2D eigenvalue weighted by molar-refractivity contribution is -0.137. The van der Waals surface area contributed by atoms with Crippen molar-refractivity contribution in [1.29, 1.82) is 0 Å². The van der Waals surface area contributed by atoms with Crippen LogP contribution in [0.5, 0.6) is 0 Å². The third-order valence-corrected chi connectivity index (χ3v) is 9.50. The van der Waals surface area contributed by atoms with E-state index in [0.717, 1.165) is 4.90 Å². The average molecular weight is 789 g/mol. The summed E-state index contributed by atoms with van der Waals surface area (Å²) in [6.07, 6.45) is 0.800. The Morgan fingerprint density at radius 2 is 1.82 bits per heavy atom. The monoisotopic (exact) mass is 788 g/mol. The van der Waals surface area contributed by atoms with Gasteiger partial charge in [-0.25, -0.2) is 13.2 Å². The van der Waals surface area contributed by atoms with Gasteiger partial charge in [0.15, 0.2) is 17.5 Å². The molecule has 290 valence electrons. The van der Waals surface area contributed by atoms with Crippen LogP contribution in [0.15, 0.2) is 48.5 Å². The topological polar surface area (TPSA) is 161 Å². The number of nitrogens with one attached hydrogen (secondary N) is 4. The maximum absolute atomic E-state index is 14.2. The number of hydrogen-bond acceptors (Lipinski definition) is 6. The van der Waals surface area contributed by atoms with Crippen molar-refractivity contribution in [1.82, 2.24) is 30.7 Å². The molecule has 6 rings (SSSR count). The Morgan fingerprint density at radius 3 is 2.50 bits per heavy atom. The Bertz CT molecular complexity index is 2340. The molecule has 3 heterocycles. The smallest absolute Gasteiger partial charge is 0.268 e. The van der Waals surface area contributed by atoms with Gasteiger partial charge in [0.25, 0.3) is 11.8 Å². The third-order valence-electron chi connectivity index (χ3n) is 9.26. The van der Waals surface area contributed by atoms with Gasteiger partial charge in [-0.3, -0.25) is 34.1 Å². The van der Waals surface area contributed by atoms with Gasteiger partial charge in [-0.05, 0) is 74.7 Å². The van der Waals surface area contributed by atoms with Crippen molar-refractivity contribution in [2.75, 3.05) is 6.54 Å². The van der Waals surface area contributed by atoms with E-state index in [2.05, 4.69) is 32.8 Å². The van der Waals surface area contributed by atoms with E-state index in [1.165, 1.54) is 17.0 Å². The minimum atomic E-state index is -1.69. The molecule has 0 radical (unpaired) electrons. The molecular formula is C40H36ClF3N6O6. The normalized spacial score (nSPS) is 15.8.